The van der Waals surface area contributed by atoms with Crippen LogP contribution in [0.25, 0.3) is 10.8 Å². The van der Waals surface area contributed by atoms with Crippen LogP contribution in [0.3, 0.4) is 0 Å². The van der Waals surface area contributed by atoms with Crippen molar-refractivity contribution in [3.05, 3.63) is 113 Å². The lowest BCUT2D eigenvalue weighted by atomic mass is 10.0. The fourth-order valence-electron chi connectivity index (χ4n) is 3.19. The molecule has 0 fully saturated rings. The topological polar surface area (TPSA) is 67.8 Å². The quantitative estimate of drug-likeness (QED) is 0.188. The number of benzene rings is 4. The van der Waals surface area contributed by atoms with Gasteiger partial charge in [0.25, 0.3) is 0 Å². The molecule has 158 valence electrons. The number of hydrogen-bond donors (Lipinski definition) is 1. The number of nitrogens with one attached hydrogen (secondary N) is 1. The van der Waals surface area contributed by atoms with Gasteiger partial charge < -0.3 is 4.74 Å². The fourth-order valence-corrected chi connectivity index (χ4v) is 3.32. The minimum atomic E-state index is -0.419. The molecule has 0 saturated carbocycles. The van der Waals surface area contributed by atoms with Gasteiger partial charge in [0.1, 0.15) is 5.75 Å². The summed E-state index contributed by atoms with van der Waals surface area (Å²) in [5, 5.41) is 6.42. The minimum Gasteiger partial charge on any atom is -0.423 e. The lowest BCUT2D eigenvalue weighted by Gasteiger charge is -2.07. The van der Waals surface area contributed by atoms with E-state index in [1.54, 1.807) is 54.6 Å². The molecule has 4 aromatic rings. The van der Waals surface area contributed by atoms with Gasteiger partial charge in [0.2, 0.25) is 5.91 Å². The van der Waals surface area contributed by atoms with Crippen LogP contribution in [0.2, 0.25) is 5.02 Å². The molecule has 0 radical (unpaired) electrons. The van der Waals surface area contributed by atoms with Crippen LogP contribution < -0.4 is 10.2 Å². The molecule has 0 spiro atoms. The highest BCUT2D eigenvalue weighted by Crippen LogP contribution is 2.21. The summed E-state index contributed by atoms with van der Waals surface area (Å²) in [6, 6.07) is 27.1. The van der Waals surface area contributed by atoms with Crippen LogP contribution in [0.15, 0.2) is 96.1 Å². The third kappa shape index (κ3) is 5.39. The number of hydrazone groups is 1. The Bertz CT molecular complexity index is 1280. The number of carbonyl (C=O) groups excluding carboxylic acids is 2. The van der Waals surface area contributed by atoms with E-state index in [0.29, 0.717) is 16.3 Å². The van der Waals surface area contributed by atoms with Gasteiger partial charge in [-0.05, 0) is 64.4 Å². The summed E-state index contributed by atoms with van der Waals surface area (Å²) >= 11 is 5.84. The molecule has 1 N–H and O–H groups in total. The van der Waals surface area contributed by atoms with Crippen molar-refractivity contribution >= 4 is 40.5 Å². The number of ether oxygens (including phenoxy) is 1. The molecule has 0 bridgehead atoms. The Kier molecular flexibility index (Phi) is 6.58. The van der Waals surface area contributed by atoms with Gasteiger partial charge in [0, 0.05) is 5.02 Å². The van der Waals surface area contributed by atoms with Crippen molar-refractivity contribution < 1.29 is 14.3 Å². The number of carbonyl (C=O) groups is 2. The van der Waals surface area contributed by atoms with Gasteiger partial charge >= 0.3 is 5.97 Å². The third-order valence-electron chi connectivity index (χ3n) is 4.78. The van der Waals surface area contributed by atoms with E-state index in [1.807, 2.05) is 36.4 Å². The van der Waals surface area contributed by atoms with Crippen LogP contribution in [0.5, 0.6) is 5.75 Å². The maximum Gasteiger partial charge on any atom is 0.344 e. The summed E-state index contributed by atoms with van der Waals surface area (Å²) < 4.78 is 5.52. The van der Waals surface area contributed by atoms with Crippen LogP contribution in [0.1, 0.15) is 21.5 Å². The Morgan fingerprint density at radius 3 is 2.38 bits per heavy atom. The summed E-state index contributed by atoms with van der Waals surface area (Å²) in [7, 11) is 0. The van der Waals surface area contributed by atoms with Crippen molar-refractivity contribution in [2.24, 2.45) is 5.10 Å². The van der Waals surface area contributed by atoms with Gasteiger partial charge in [-0.1, -0.05) is 60.1 Å². The molecule has 0 heterocycles. The monoisotopic (exact) mass is 442 g/mol. The molecule has 1 amide bonds. The Morgan fingerprint density at radius 1 is 0.875 bits per heavy atom. The van der Waals surface area contributed by atoms with E-state index in [2.05, 4.69) is 10.5 Å². The number of nitrogens with zero attached hydrogens (tertiary/aromatic N) is 1. The number of halogens is 1. The normalized spacial score (nSPS) is 10.9. The van der Waals surface area contributed by atoms with Crippen molar-refractivity contribution in [2.75, 3.05) is 0 Å². The largest absolute Gasteiger partial charge is 0.423 e. The number of rotatable bonds is 6. The predicted octanol–water partition coefficient (Wildman–Crippen LogP) is 5.41. The zero-order valence-corrected chi connectivity index (χ0v) is 17.8. The number of amides is 1. The highest BCUT2D eigenvalue weighted by Gasteiger charge is 2.12. The second kappa shape index (κ2) is 9.90. The SMILES string of the molecule is O=C(Cc1ccc(Cl)cc1)N/N=C\c1ccc(OC(=O)c2cccc3ccccc23)cc1. The zero-order valence-electron chi connectivity index (χ0n) is 17.0. The first kappa shape index (κ1) is 21.3. The van der Waals surface area contributed by atoms with Crippen LogP contribution in [0, 0.1) is 0 Å². The second-order valence-electron chi connectivity index (χ2n) is 7.08. The molecule has 0 aliphatic carbocycles. The first-order valence-corrected chi connectivity index (χ1v) is 10.3. The lowest BCUT2D eigenvalue weighted by molar-refractivity contribution is -0.120. The average Bonchev–Trinajstić information content (AvgIpc) is 2.81. The maximum absolute atomic E-state index is 12.6. The molecule has 6 heteroatoms. The molecular formula is C26H19ClN2O3. The molecule has 5 nitrogen and oxygen atoms in total. The molecule has 0 saturated heterocycles. The highest BCUT2D eigenvalue weighted by molar-refractivity contribution is 6.30. The van der Waals surface area contributed by atoms with Crippen LogP contribution in [-0.4, -0.2) is 18.1 Å². The maximum atomic E-state index is 12.6. The van der Waals surface area contributed by atoms with E-state index < -0.39 is 5.97 Å². The van der Waals surface area contributed by atoms with Crippen molar-refractivity contribution in [3.8, 4) is 5.75 Å². The van der Waals surface area contributed by atoms with Crippen molar-refractivity contribution in [3.63, 3.8) is 0 Å². The molecule has 0 aromatic heterocycles. The summed E-state index contributed by atoms with van der Waals surface area (Å²) in [5.74, 6) is -0.228. The Hall–Kier alpha value is -3.96. The van der Waals surface area contributed by atoms with Gasteiger partial charge in [-0.2, -0.15) is 5.10 Å². The van der Waals surface area contributed by atoms with E-state index >= 15 is 0 Å². The lowest BCUT2D eigenvalue weighted by Crippen LogP contribution is -2.19. The summed E-state index contributed by atoms with van der Waals surface area (Å²) in [5.41, 5.74) is 4.60. The first-order chi connectivity index (χ1) is 15.6. The molecule has 0 unspecified atom stereocenters. The Morgan fingerprint density at radius 2 is 1.59 bits per heavy atom. The third-order valence-corrected chi connectivity index (χ3v) is 5.03. The first-order valence-electron chi connectivity index (χ1n) is 9.95. The number of hydrogen-bond acceptors (Lipinski definition) is 4. The van der Waals surface area contributed by atoms with Crippen molar-refractivity contribution in [1.82, 2.24) is 5.43 Å². The van der Waals surface area contributed by atoms with Gasteiger partial charge in [0.15, 0.2) is 0 Å². The van der Waals surface area contributed by atoms with Gasteiger partial charge in [-0.15, -0.1) is 0 Å². The number of fused-ring (bicyclic) bond motifs is 1. The summed E-state index contributed by atoms with van der Waals surface area (Å²) in [6.07, 6.45) is 1.73. The predicted molar refractivity (Wildman–Crippen MR) is 126 cm³/mol. The minimum absolute atomic E-state index is 0.206. The van der Waals surface area contributed by atoms with E-state index in [1.165, 1.54) is 6.21 Å². The average molecular weight is 443 g/mol. The highest BCUT2D eigenvalue weighted by atomic mass is 35.5. The molecule has 0 atom stereocenters. The summed E-state index contributed by atoms with van der Waals surface area (Å²) in [6.45, 7) is 0. The van der Waals surface area contributed by atoms with E-state index in [0.717, 1.165) is 21.9 Å². The molecule has 0 aliphatic rings. The zero-order chi connectivity index (χ0) is 22.3. The molecule has 32 heavy (non-hydrogen) atoms. The van der Waals surface area contributed by atoms with Gasteiger partial charge in [-0.3, -0.25) is 4.79 Å². The van der Waals surface area contributed by atoms with Crippen molar-refractivity contribution in [2.45, 2.75) is 6.42 Å². The molecular weight excluding hydrogens is 424 g/mol. The molecule has 0 aliphatic heterocycles. The number of esters is 1. The van der Waals surface area contributed by atoms with E-state index in [4.69, 9.17) is 16.3 Å². The molecule has 4 rings (SSSR count). The fraction of sp³-hybridized carbons (Fsp3) is 0.0385. The standard InChI is InChI=1S/C26H19ClN2O3/c27-21-12-8-18(9-13-21)16-25(30)29-28-17-19-10-14-22(15-11-19)32-26(31)24-7-3-5-20-4-1-2-6-23(20)24/h1-15,17H,16H2,(H,29,30)/b28-17-. The van der Waals surface area contributed by atoms with Gasteiger partial charge in [0.05, 0.1) is 18.2 Å². The van der Waals surface area contributed by atoms with E-state index in [-0.39, 0.29) is 12.3 Å². The van der Waals surface area contributed by atoms with Crippen LogP contribution in [-0.2, 0) is 11.2 Å². The Balaban J connectivity index is 1.34. The van der Waals surface area contributed by atoms with E-state index in [9.17, 15) is 9.59 Å². The van der Waals surface area contributed by atoms with Crippen LogP contribution >= 0.6 is 11.6 Å². The van der Waals surface area contributed by atoms with Crippen molar-refractivity contribution in [1.29, 1.82) is 0 Å². The summed E-state index contributed by atoms with van der Waals surface area (Å²) in [4.78, 5) is 24.6. The smallest absolute Gasteiger partial charge is 0.344 e. The van der Waals surface area contributed by atoms with Gasteiger partial charge in [-0.25, -0.2) is 10.2 Å². The molecule has 4 aromatic carbocycles. The second-order valence-corrected chi connectivity index (χ2v) is 7.52. The Labute approximate surface area is 190 Å². The van der Waals surface area contributed by atoms with Crippen LogP contribution in [0.4, 0.5) is 0 Å².